The van der Waals surface area contributed by atoms with Gasteiger partial charge in [-0.2, -0.15) is 0 Å². The Bertz CT molecular complexity index is 637. The zero-order valence-electron chi connectivity index (χ0n) is 10.3. The number of hydrogen-bond donors (Lipinski definition) is 1. The maximum atomic E-state index is 12.3. The largest absolute Gasteiger partial charge is 0.399 e. The van der Waals surface area contributed by atoms with E-state index in [1.165, 1.54) is 0 Å². The third kappa shape index (κ3) is 2.36. The van der Waals surface area contributed by atoms with Crippen LogP contribution in [0.15, 0.2) is 46.9 Å². The summed E-state index contributed by atoms with van der Waals surface area (Å²) in [4.78, 5) is 14.1. The summed E-state index contributed by atoms with van der Waals surface area (Å²) in [5, 5.41) is 0. The highest BCUT2D eigenvalue weighted by molar-refractivity contribution is 9.10. The number of halogens is 1. The van der Waals surface area contributed by atoms with Crippen molar-refractivity contribution < 1.29 is 4.79 Å². The maximum Gasteiger partial charge on any atom is 0.254 e. The molecule has 4 heteroatoms. The van der Waals surface area contributed by atoms with Gasteiger partial charge in [0.05, 0.1) is 0 Å². The van der Waals surface area contributed by atoms with Crippen molar-refractivity contribution in [3.63, 3.8) is 0 Å². The number of nitrogens with zero attached hydrogens (tertiary/aromatic N) is 1. The summed E-state index contributed by atoms with van der Waals surface area (Å²) in [5.41, 5.74) is 9.28. The highest BCUT2D eigenvalue weighted by Crippen LogP contribution is 2.26. The van der Waals surface area contributed by atoms with Crippen LogP contribution in [0.3, 0.4) is 0 Å². The molecular weight excluding hydrogens is 304 g/mol. The number of carbonyl (C=O) groups is 1. The molecule has 0 saturated carbocycles. The van der Waals surface area contributed by atoms with Crippen molar-refractivity contribution in [2.75, 3.05) is 5.73 Å². The average Bonchev–Trinajstić information content (AvgIpc) is 2.70. The SMILES string of the molecule is Nc1ccc2c(c1)C(=O)N(Cc1ccc(Br)cc1)C2. The van der Waals surface area contributed by atoms with Gasteiger partial charge < -0.3 is 10.6 Å². The third-order valence-corrected chi connectivity index (χ3v) is 3.83. The Hall–Kier alpha value is -1.81. The minimum atomic E-state index is 0.0604. The number of fused-ring (bicyclic) bond motifs is 1. The number of anilines is 1. The number of hydrogen-bond acceptors (Lipinski definition) is 2. The highest BCUT2D eigenvalue weighted by atomic mass is 79.9. The molecule has 1 heterocycles. The molecule has 0 aromatic heterocycles. The van der Waals surface area contributed by atoms with Crippen LogP contribution in [0, 0.1) is 0 Å². The van der Waals surface area contributed by atoms with Crippen LogP contribution in [-0.4, -0.2) is 10.8 Å². The minimum absolute atomic E-state index is 0.0604. The first-order valence-corrected chi connectivity index (χ1v) is 6.85. The van der Waals surface area contributed by atoms with Gasteiger partial charge in [0.15, 0.2) is 0 Å². The Morgan fingerprint density at radius 2 is 1.89 bits per heavy atom. The molecule has 0 unspecified atom stereocenters. The molecule has 2 N–H and O–H groups in total. The summed E-state index contributed by atoms with van der Waals surface area (Å²) in [6, 6.07) is 13.6. The summed E-state index contributed by atoms with van der Waals surface area (Å²) in [7, 11) is 0. The number of nitrogens with two attached hydrogens (primary N) is 1. The normalized spacial score (nSPS) is 13.7. The van der Waals surface area contributed by atoms with Crippen molar-refractivity contribution in [1.82, 2.24) is 4.90 Å². The van der Waals surface area contributed by atoms with Gasteiger partial charge in [-0.15, -0.1) is 0 Å². The Labute approximate surface area is 120 Å². The van der Waals surface area contributed by atoms with E-state index in [0.29, 0.717) is 18.8 Å². The van der Waals surface area contributed by atoms with Crippen molar-refractivity contribution in [3.05, 3.63) is 63.6 Å². The zero-order chi connectivity index (χ0) is 13.4. The molecule has 96 valence electrons. The summed E-state index contributed by atoms with van der Waals surface area (Å²) in [6.45, 7) is 1.28. The molecule has 19 heavy (non-hydrogen) atoms. The van der Waals surface area contributed by atoms with E-state index in [2.05, 4.69) is 15.9 Å². The van der Waals surface area contributed by atoms with Crippen LogP contribution in [0.1, 0.15) is 21.5 Å². The lowest BCUT2D eigenvalue weighted by Crippen LogP contribution is -2.23. The van der Waals surface area contributed by atoms with Crippen LogP contribution in [0.2, 0.25) is 0 Å². The Morgan fingerprint density at radius 3 is 2.63 bits per heavy atom. The third-order valence-electron chi connectivity index (χ3n) is 3.30. The van der Waals surface area contributed by atoms with Gasteiger partial charge in [0.2, 0.25) is 0 Å². The standard InChI is InChI=1S/C15H13BrN2O/c16-12-4-1-10(2-5-12)8-18-9-11-3-6-13(17)7-14(11)15(18)19/h1-7H,8-9,17H2. The fourth-order valence-corrected chi connectivity index (χ4v) is 2.58. The molecule has 0 radical (unpaired) electrons. The molecule has 0 fully saturated rings. The van der Waals surface area contributed by atoms with Gasteiger partial charge in [-0.05, 0) is 35.4 Å². The molecule has 1 aliphatic heterocycles. The van der Waals surface area contributed by atoms with Gasteiger partial charge in [-0.1, -0.05) is 34.1 Å². The van der Waals surface area contributed by atoms with E-state index in [4.69, 9.17) is 5.73 Å². The molecule has 1 amide bonds. The molecule has 0 spiro atoms. The summed E-state index contributed by atoms with van der Waals surface area (Å²) in [5.74, 6) is 0.0604. The Balaban J connectivity index is 1.82. The van der Waals surface area contributed by atoms with E-state index in [-0.39, 0.29) is 5.91 Å². The van der Waals surface area contributed by atoms with Gasteiger partial charge in [0.1, 0.15) is 0 Å². The molecular formula is C15H13BrN2O. The summed E-state index contributed by atoms with van der Waals surface area (Å²) in [6.07, 6.45) is 0. The predicted octanol–water partition coefficient (Wildman–Crippen LogP) is 3.19. The van der Waals surface area contributed by atoms with Crippen LogP contribution >= 0.6 is 15.9 Å². The van der Waals surface area contributed by atoms with Gasteiger partial charge in [0, 0.05) is 28.8 Å². The van der Waals surface area contributed by atoms with E-state index >= 15 is 0 Å². The Morgan fingerprint density at radius 1 is 1.16 bits per heavy atom. The highest BCUT2D eigenvalue weighted by Gasteiger charge is 2.27. The molecule has 0 atom stereocenters. The zero-order valence-corrected chi connectivity index (χ0v) is 11.9. The van der Waals surface area contributed by atoms with Gasteiger partial charge in [-0.25, -0.2) is 0 Å². The van der Waals surface area contributed by atoms with E-state index in [1.807, 2.05) is 41.3 Å². The van der Waals surface area contributed by atoms with Crippen molar-refractivity contribution >= 4 is 27.5 Å². The lowest BCUT2D eigenvalue weighted by Gasteiger charge is -2.15. The summed E-state index contributed by atoms with van der Waals surface area (Å²) >= 11 is 3.41. The van der Waals surface area contributed by atoms with Gasteiger partial charge in [0.25, 0.3) is 5.91 Å². The maximum absolute atomic E-state index is 12.3. The fourth-order valence-electron chi connectivity index (χ4n) is 2.32. The fraction of sp³-hybridized carbons (Fsp3) is 0.133. The first-order valence-electron chi connectivity index (χ1n) is 6.05. The van der Waals surface area contributed by atoms with Crippen LogP contribution in [0.4, 0.5) is 5.69 Å². The lowest BCUT2D eigenvalue weighted by molar-refractivity contribution is 0.0766. The quantitative estimate of drug-likeness (QED) is 0.865. The molecule has 3 rings (SSSR count). The molecule has 0 saturated heterocycles. The van der Waals surface area contributed by atoms with Crippen LogP contribution in [0.25, 0.3) is 0 Å². The number of benzene rings is 2. The topological polar surface area (TPSA) is 46.3 Å². The first kappa shape index (κ1) is 12.2. The molecule has 0 bridgehead atoms. The van der Waals surface area contributed by atoms with Crippen LogP contribution in [0.5, 0.6) is 0 Å². The predicted molar refractivity (Wildman–Crippen MR) is 78.6 cm³/mol. The molecule has 2 aromatic rings. The second kappa shape index (κ2) is 4.70. The molecule has 2 aromatic carbocycles. The smallest absolute Gasteiger partial charge is 0.254 e. The van der Waals surface area contributed by atoms with Crippen molar-refractivity contribution in [2.24, 2.45) is 0 Å². The van der Waals surface area contributed by atoms with Crippen LogP contribution < -0.4 is 5.73 Å². The molecule has 0 aliphatic carbocycles. The van der Waals surface area contributed by atoms with E-state index in [0.717, 1.165) is 21.2 Å². The van der Waals surface area contributed by atoms with Gasteiger partial charge in [-0.3, -0.25) is 4.79 Å². The second-order valence-electron chi connectivity index (χ2n) is 4.70. The first-order chi connectivity index (χ1) is 9.13. The lowest BCUT2D eigenvalue weighted by atomic mass is 10.1. The van der Waals surface area contributed by atoms with E-state index < -0.39 is 0 Å². The number of nitrogen functional groups attached to an aromatic ring is 1. The minimum Gasteiger partial charge on any atom is -0.399 e. The average molecular weight is 317 g/mol. The van der Waals surface area contributed by atoms with Crippen LogP contribution in [-0.2, 0) is 13.1 Å². The second-order valence-corrected chi connectivity index (χ2v) is 5.62. The van der Waals surface area contributed by atoms with Crippen molar-refractivity contribution in [2.45, 2.75) is 13.1 Å². The molecule has 1 aliphatic rings. The van der Waals surface area contributed by atoms with E-state index in [9.17, 15) is 4.79 Å². The monoisotopic (exact) mass is 316 g/mol. The van der Waals surface area contributed by atoms with Gasteiger partial charge >= 0.3 is 0 Å². The van der Waals surface area contributed by atoms with E-state index in [1.54, 1.807) is 6.07 Å². The Kier molecular flexibility index (Phi) is 3.03. The number of carbonyl (C=O) groups excluding carboxylic acids is 1. The number of amides is 1. The van der Waals surface area contributed by atoms with Crippen molar-refractivity contribution in [1.29, 1.82) is 0 Å². The molecule has 3 nitrogen and oxygen atoms in total. The number of rotatable bonds is 2. The summed E-state index contributed by atoms with van der Waals surface area (Å²) < 4.78 is 1.04. The van der Waals surface area contributed by atoms with Crippen molar-refractivity contribution in [3.8, 4) is 0 Å².